The van der Waals surface area contributed by atoms with Crippen molar-refractivity contribution in [3.8, 4) is 0 Å². The highest BCUT2D eigenvalue weighted by Gasteiger charge is 2.01. The molecule has 0 aliphatic carbocycles. The van der Waals surface area contributed by atoms with Crippen LogP contribution in [0.2, 0.25) is 0 Å². The molecule has 1 aromatic carbocycles. The summed E-state index contributed by atoms with van der Waals surface area (Å²) >= 11 is 1.57. The maximum atomic E-state index is 11.8. The first-order valence-electron chi connectivity index (χ1n) is 6.60. The van der Waals surface area contributed by atoms with Gasteiger partial charge < -0.3 is 10.6 Å². The van der Waals surface area contributed by atoms with Crippen LogP contribution < -0.4 is 10.6 Å². The standard InChI is InChI=1S/C16H16N2O2S/c1-2-15(19)17-12-5-7-13(8-6-12)18-16(20)10-9-14-4-3-11-21-14/h3-11H,2H2,1H3,(H,17,19)(H,18,20)/b10-9+. The first-order chi connectivity index (χ1) is 10.2. The Balaban J connectivity index is 1.90. The lowest BCUT2D eigenvalue weighted by molar-refractivity contribution is -0.116. The summed E-state index contributed by atoms with van der Waals surface area (Å²) in [6.45, 7) is 1.80. The van der Waals surface area contributed by atoms with Gasteiger partial charge in [-0.15, -0.1) is 11.3 Å². The molecule has 0 saturated carbocycles. The van der Waals surface area contributed by atoms with Crippen molar-refractivity contribution in [1.82, 2.24) is 0 Å². The molecule has 0 saturated heterocycles. The molecule has 2 aromatic rings. The zero-order valence-corrected chi connectivity index (χ0v) is 12.4. The molecule has 0 radical (unpaired) electrons. The third kappa shape index (κ3) is 4.89. The Labute approximate surface area is 127 Å². The van der Waals surface area contributed by atoms with E-state index < -0.39 is 0 Å². The van der Waals surface area contributed by atoms with Crippen LogP contribution in [0.4, 0.5) is 11.4 Å². The number of carbonyl (C=O) groups excluding carboxylic acids is 2. The Hall–Kier alpha value is -2.40. The zero-order chi connectivity index (χ0) is 15.1. The van der Waals surface area contributed by atoms with Gasteiger partial charge in [-0.25, -0.2) is 0 Å². The van der Waals surface area contributed by atoms with Crippen molar-refractivity contribution in [2.45, 2.75) is 13.3 Å². The van der Waals surface area contributed by atoms with Gasteiger partial charge in [-0.05, 0) is 41.8 Å². The van der Waals surface area contributed by atoms with Gasteiger partial charge in [0.25, 0.3) is 0 Å². The summed E-state index contributed by atoms with van der Waals surface area (Å²) in [6.07, 6.45) is 3.71. The van der Waals surface area contributed by atoms with Crippen LogP contribution in [0.1, 0.15) is 18.2 Å². The molecule has 5 heteroatoms. The molecule has 108 valence electrons. The lowest BCUT2D eigenvalue weighted by atomic mass is 10.2. The molecule has 0 spiro atoms. The van der Waals surface area contributed by atoms with Crippen molar-refractivity contribution in [3.63, 3.8) is 0 Å². The average Bonchev–Trinajstić information content (AvgIpc) is 3.00. The average molecular weight is 300 g/mol. The molecule has 4 nitrogen and oxygen atoms in total. The van der Waals surface area contributed by atoms with Gasteiger partial charge in [0.15, 0.2) is 0 Å². The minimum atomic E-state index is -0.186. The van der Waals surface area contributed by atoms with E-state index in [1.54, 1.807) is 48.6 Å². The zero-order valence-electron chi connectivity index (χ0n) is 11.6. The summed E-state index contributed by atoms with van der Waals surface area (Å²) in [5.74, 6) is -0.223. The molecular weight excluding hydrogens is 284 g/mol. The van der Waals surface area contributed by atoms with Crippen molar-refractivity contribution in [2.75, 3.05) is 10.6 Å². The van der Waals surface area contributed by atoms with Crippen LogP contribution in [-0.2, 0) is 9.59 Å². The summed E-state index contributed by atoms with van der Waals surface area (Å²) in [5.41, 5.74) is 1.40. The van der Waals surface area contributed by atoms with Gasteiger partial charge in [0.2, 0.25) is 11.8 Å². The third-order valence-electron chi connectivity index (χ3n) is 2.70. The lowest BCUT2D eigenvalue weighted by Crippen LogP contribution is -2.10. The number of thiophene rings is 1. The van der Waals surface area contributed by atoms with Crippen molar-refractivity contribution >= 4 is 40.6 Å². The van der Waals surface area contributed by atoms with Gasteiger partial charge in [0.1, 0.15) is 0 Å². The van der Waals surface area contributed by atoms with Crippen LogP contribution >= 0.6 is 11.3 Å². The van der Waals surface area contributed by atoms with Crippen LogP contribution in [0.3, 0.4) is 0 Å². The van der Waals surface area contributed by atoms with Crippen LogP contribution in [0, 0.1) is 0 Å². The number of amides is 2. The molecule has 0 aliphatic heterocycles. The Bertz CT molecular complexity index is 631. The Morgan fingerprint density at radius 2 is 1.76 bits per heavy atom. The number of benzene rings is 1. The second kappa shape index (κ2) is 7.40. The quantitative estimate of drug-likeness (QED) is 0.826. The molecule has 2 amide bonds. The second-order valence-corrected chi connectivity index (χ2v) is 5.30. The minimum Gasteiger partial charge on any atom is -0.326 e. The predicted molar refractivity (Wildman–Crippen MR) is 87.3 cm³/mol. The van der Waals surface area contributed by atoms with Crippen LogP contribution in [-0.4, -0.2) is 11.8 Å². The van der Waals surface area contributed by atoms with Gasteiger partial charge >= 0.3 is 0 Å². The maximum absolute atomic E-state index is 11.8. The van der Waals surface area contributed by atoms with E-state index in [1.807, 2.05) is 17.5 Å². The smallest absolute Gasteiger partial charge is 0.248 e. The Morgan fingerprint density at radius 3 is 2.33 bits per heavy atom. The molecule has 0 fully saturated rings. The van der Waals surface area contributed by atoms with E-state index in [2.05, 4.69) is 10.6 Å². The van der Waals surface area contributed by atoms with E-state index in [0.29, 0.717) is 17.8 Å². The molecule has 21 heavy (non-hydrogen) atoms. The number of nitrogens with one attached hydrogen (secondary N) is 2. The predicted octanol–water partition coefficient (Wildman–Crippen LogP) is 3.75. The van der Waals surface area contributed by atoms with Crippen LogP contribution in [0.25, 0.3) is 6.08 Å². The molecule has 0 aliphatic rings. The van der Waals surface area contributed by atoms with Gasteiger partial charge in [0.05, 0.1) is 0 Å². The highest BCUT2D eigenvalue weighted by Crippen LogP contribution is 2.14. The molecule has 0 unspecified atom stereocenters. The normalized spacial score (nSPS) is 10.5. The van der Waals surface area contributed by atoms with Crippen molar-refractivity contribution in [3.05, 3.63) is 52.7 Å². The fourth-order valence-corrected chi connectivity index (χ4v) is 2.23. The third-order valence-corrected chi connectivity index (χ3v) is 3.54. The number of rotatable bonds is 5. The van der Waals surface area contributed by atoms with E-state index in [0.717, 1.165) is 4.88 Å². The first kappa shape index (κ1) is 15.0. The second-order valence-electron chi connectivity index (χ2n) is 4.32. The Kier molecular flexibility index (Phi) is 5.29. The van der Waals surface area contributed by atoms with Gasteiger partial charge in [-0.3, -0.25) is 9.59 Å². The molecular formula is C16H16N2O2S. The van der Waals surface area contributed by atoms with Crippen molar-refractivity contribution < 1.29 is 9.59 Å². The van der Waals surface area contributed by atoms with Crippen molar-refractivity contribution in [2.24, 2.45) is 0 Å². The summed E-state index contributed by atoms with van der Waals surface area (Å²) in [7, 11) is 0. The topological polar surface area (TPSA) is 58.2 Å². The number of carbonyl (C=O) groups is 2. The first-order valence-corrected chi connectivity index (χ1v) is 7.48. The van der Waals surface area contributed by atoms with E-state index in [9.17, 15) is 9.59 Å². The highest BCUT2D eigenvalue weighted by atomic mass is 32.1. The Morgan fingerprint density at radius 1 is 1.10 bits per heavy atom. The molecule has 0 bridgehead atoms. The number of anilines is 2. The SMILES string of the molecule is CCC(=O)Nc1ccc(NC(=O)/C=C/c2cccs2)cc1. The summed E-state index contributed by atoms with van der Waals surface area (Å²) in [4.78, 5) is 24.0. The fraction of sp³-hybridized carbons (Fsp3) is 0.125. The highest BCUT2D eigenvalue weighted by molar-refractivity contribution is 7.10. The lowest BCUT2D eigenvalue weighted by Gasteiger charge is -2.05. The molecule has 2 rings (SSSR count). The molecule has 2 N–H and O–H groups in total. The van der Waals surface area contributed by atoms with E-state index >= 15 is 0 Å². The largest absolute Gasteiger partial charge is 0.326 e. The van der Waals surface area contributed by atoms with E-state index in [4.69, 9.17) is 0 Å². The van der Waals surface area contributed by atoms with Gasteiger partial charge in [-0.2, -0.15) is 0 Å². The summed E-state index contributed by atoms with van der Waals surface area (Å²) < 4.78 is 0. The maximum Gasteiger partial charge on any atom is 0.248 e. The van der Waals surface area contributed by atoms with Crippen LogP contribution in [0.15, 0.2) is 47.9 Å². The summed E-state index contributed by atoms with van der Waals surface area (Å²) in [6, 6.07) is 10.9. The fourth-order valence-electron chi connectivity index (χ4n) is 1.61. The van der Waals surface area contributed by atoms with E-state index in [1.165, 1.54) is 6.08 Å². The van der Waals surface area contributed by atoms with E-state index in [-0.39, 0.29) is 11.8 Å². The minimum absolute atomic E-state index is 0.0364. The van der Waals surface area contributed by atoms with Crippen molar-refractivity contribution in [1.29, 1.82) is 0 Å². The van der Waals surface area contributed by atoms with Crippen LogP contribution in [0.5, 0.6) is 0 Å². The monoisotopic (exact) mass is 300 g/mol. The molecule has 1 heterocycles. The number of hydrogen-bond acceptors (Lipinski definition) is 3. The molecule has 1 aromatic heterocycles. The summed E-state index contributed by atoms with van der Waals surface area (Å²) in [5, 5.41) is 7.48. The number of hydrogen-bond donors (Lipinski definition) is 2. The van der Waals surface area contributed by atoms with Gasteiger partial charge in [0, 0.05) is 28.7 Å². The molecule has 0 atom stereocenters. The van der Waals surface area contributed by atoms with Gasteiger partial charge in [-0.1, -0.05) is 13.0 Å².